The monoisotopic (exact) mass is 500 g/mol. The van der Waals surface area contributed by atoms with Crippen LogP contribution < -0.4 is 5.56 Å². The van der Waals surface area contributed by atoms with Crippen molar-refractivity contribution in [3.05, 3.63) is 87.1 Å². The third-order valence-corrected chi connectivity index (χ3v) is 6.57. The van der Waals surface area contributed by atoms with Crippen LogP contribution in [0.2, 0.25) is 0 Å². The summed E-state index contributed by atoms with van der Waals surface area (Å²) in [6.45, 7) is 3.68. The molecule has 2 aromatic heterocycles. The van der Waals surface area contributed by atoms with Crippen molar-refractivity contribution < 1.29 is 9.18 Å². The van der Waals surface area contributed by atoms with E-state index in [1.54, 1.807) is 23.1 Å². The number of hydrogen-bond donors (Lipinski definition) is 2. The minimum Gasteiger partial charge on any atom is -0.332 e. The molecule has 1 aliphatic heterocycles. The molecule has 1 aliphatic rings. The van der Waals surface area contributed by atoms with Crippen molar-refractivity contribution in [2.45, 2.75) is 32.4 Å². The quantitative estimate of drug-likeness (QED) is 0.415. The van der Waals surface area contributed by atoms with Gasteiger partial charge in [0.15, 0.2) is 5.82 Å². The van der Waals surface area contributed by atoms with Gasteiger partial charge in [0.1, 0.15) is 11.6 Å². The van der Waals surface area contributed by atoms with Gasteiger partial charge >= 0.3 is 0 Å². The van der Waals surface area contributed by atoms with E-state index in [1.807, 2.05) is 19.1 Å². The second-order valence-corrected chi connectivity index (χ2v) is 9.12. The average molecular weight is 501 g/mol. The Labute approximate surface area is 211 Å². The van der Waals surface area contributed by atoms with Gasteiger partial charge in [0, 0.05) is 31.4 Å². The molecule has 10 nitrogen and oxygen atoms in total. The largest absolute Gasteiger partial charge is 0.332 e. The van der Waals surface area contributed by atoms with Crippen LogP contribution in [-0.4, -0.2) is 66.8 Å². The third kappa shape index (κ3) is 5.10. The lowest BCUT2D eigenvalue weighted by Crippen LogP contribution is -2.55. The molecule has 2 N–H and O–H groups in total. The normalized spacial score (nSPS) is 16.1. The number of halogens is 1. The van der Waals surface area contributed by atoms with Crippen LogP contribution in [0.5, 0.6) is 0 Å². The van der Waals surface area contributed by atoms with Gasteiger partial charge in [-0.05, 0) is 30.7 Å². The molecule has 1 amide bonds. The molecular formula is C26H25FN8O2. The van der Waals surface area contributed by atoms with Crippen LogP contribution in [0.4, 0.5) is 4.39 Å². The van der Waals surface area contributed by atoms with E-state index in [2.05, 4.69) is 36.3 Å². The lowest BCUT2D eigenvalue weighted by molar-refractivity contribution is 0.0438. The van der Waals surface area contributed by atoms with E-state index < -0.39 is 11.7 Å². The fourth-order valence-electron chi connectivity index (χ4n) is 4.77. The molecule has 1 saturated heterocycles. The summed E-state index contributed by atoms with van der Waals surface area (Å²) >= 11 is 0. The van der Waals surface area contributed by atoms with Gasteiger partial charge in [0.05, 0.1) is 41.7 Å². The maximum atomic E-state index is 14.9. The van der Waals surface area contributed by atoms with E-state index in [9.17, 15) is 19.2 Å². The van der Waals surface area contributed by atoms with Gasteiger partial charge in [-0.15, -0.1) is 0 Å². The fourth-order valence-corrected chi connectivity index (χ4v) is 4.77. The number of benzene rings is 2. The number of piperazine rings is 1. The molecule has 0 spiro atoms. The van der Waals surface area contributed by atoms with Crippen LogP contribution in [0.15, 0.2) is 47.3 Å². The minimum atomic E-state index is -0.623. The number of carbonyl (C=O) groups excluding carboxylic acids is 1. The zero-order valence-corrected chi connectivity index (χ0v) is 20.2. The number of aromatic amines is 2. The predicted octanol–water partition coefficient (Wildman–Crippen LogP) is 2.32. The number of aromatic nitrogens is 5. The number of fused-ring (bicyclic) bond motifs is 1. The first-order chi connectivity index (χ1) is 17.9. The lowest BCUT2D eigenvalue weighted by atomic mass is 10.0. The van der Waals surface area contributed by atoms with Crippen LogP contribution in [0.25, 0.3) is 10.8 Å². The Balaban J connectivity index is 1.37. The predicted molar refractivity (Wildman–Crippen MR) is 133 cm³/mol. The number of H-pyrrole nitrogens is 2. The highest BCUT2D eigenvalue weighted by atomic mass is 19.1. The molecule has 0 saturated carbocycles. The fraction of sp³-hybridized carbons (Fsp3) is 0.308. The molecule has 0 bridgehead atoms. The van der Waals surface area contributed by atoms with E-state index in [0.29, 0.717) is 60.5 Å². The van der Waals surface area contributed by atoms with Crippen molar-refractivity contribution in [3.63, 3.8) is 0 Å². The third-order valence-electron chi connectivity index (χ3n) is 6.57. The standard InChI is InChI=1S/C26H25FN8O2/c1-16-29-24(32-30-16)15-34-10-11-35(18(14-34)8-9-28)26(37)21-12-17(6-7-22(21)27)13-23-19-4-2-3-5-20(19)25(36)33-31-23/h2-7,12,18H,8,10-11,13-15H2,1H3,(H,33,36)(H,29,30,32)/t18-/m1/s1. The molecule has 1 fully saturated rings. The summed E-state index contributed by atoms with van der Waals surface area (Å²) in [7, 11) is 0. The van der Waals surface area contributed by atoms with Crippen molar-refractivity contribution in [1.82, 2.24) is 35.2 Å². The SMILES string of the molecule is Cc1nc(CN2CCN(C(=O)c3cc(Cc4n[nH]c(=O)c5ccccc45)ccc3F)[C@H](CC#N)C2)n[nH]1. The molecule has 1 atom stereocenters. The van der Waals surface area contributed by atoms with Gasteiger partial charge in [-0.25, -0.2) is 14.5 Å². The molecule has 0 radical (unpaired) electrons. The summed E-state index contributed by atoms with van der Waals surface area (Å²) in [4.78, 5) is 33.6. The number of nitriles is 1. The number of amides is 1. The van der Waals surface area contributed by atoms with E-state index in [0.717, 1.165) is 5.82 Å². The molecule has 0 aliphatic carbocycles. The van der Waals surface area contributed by atoms with Gasteiger partial charge in [-0.3, -0.25) is 19.6 Å². The smallest absolute Gasteiger partial charge is 0.272 e. The van der Waals surface area contributed by atoms with Gasteiger partial charge in [-0.1, -0.05) is 24.3 Å². The second-order valence-electron chi connectivity index (χ2n) is 9.12. The van der Waals surface area contributed by atoms with E-state index in [-0.39, 0.29) is 23.6 Å². The van der Waals surface area contributed by atoms with Crippen molar-refractivity contribution in [2.75, 3.05) is 19.6 Å². The van der Waals surface area contributed by atoms with Crippen LogP contribution in [0.1, 0.15) is 39.7 Å². The van der Waals surface area contributed by atoms with Gasteiger partial charge in [0.25, 0.3) is 11.5 Å². The Bertz CT molecular complexity index is 1560. The molecule has 2 aromatic carbocycles. The maximum absolute atomic E-state index is 14.9. The zero-order chi connectivity index (χ0) is 25.9. The Morgan fingerprint density at radius 3 is 2.73 bits per heavy atom. The second kappa shape index (κ2) is 10.3. The van der Waals surface area contributed by atoms with Crippen molar-refractivity contribution in [2.24, 2.45) is 0 Å². The van der Waals surface area contributed by atoms with Gasteiger partial charge in [-0.2, -0.15) is 15.5 Å². The summed E-state index contributed by atoms with van der Waals surface area (Å²) in [6.07, 6.45) is 0.438. The molecule has 3 heterocycles. The summed E-state index contributed by atoms with van der Waals surface area (Å²) < 4.78 is 14.9. The molecule has 0 unspecified atom stereocenters. The van der Waals surface area contributed by atoms with Crippen LogP contribution in [-0.2, 0) is 13.0 Å². The van der Waals surface area contributed by atoms with E-state index in [1.165, 1.54) is 12.1 Å². The Morgan fingerprint density at radius 2 is 1.97 bits per heavy atom. The first-order valence-electron chi connectivity index (χ1n) is 12.0. The first-order valence-corrected chi connectivity index (χ1v) is 12.0. The van der Waals surface area contributed by atoms with Crippen LogP contribution in [0, 0.1) is 24.1 Å². The Morgan fingerprint density at radius 1 is 1.16 bits per heavy atom. The van der Waals surface area contributed by atoms with Crippen molar-refractivity contribution in [3.8, 4) is 6.07 Å². The van der Waals surface area contributed by atoms with Crippen molar-refractivity contribution >= 4 is 16.7 Å². The first kappa shape index (κ1) is 24.3. The number of aryl methyl sites for hydroxylation is 1. The van der Waals surface area contributed by atoms with Crippen LogP contribution in [0.3, 0.4) is 0 Å². The number of rotatable bonds is 6. The number of nitrogens with zero attached hydrogens (tertiary/aromatic N) is 6. The van der Waals surface area contributed by atoms with E-state index >= 15 is 0 Å². The summed E-state index contributed by atoms with van der Waals surface area (Å²) in [5, 5.41) is 24.3. The molecule has 11 heteroatoms. The number of nitrogens with one attached hydrogen (secondary N) is 2. The zero-order valence-electron chi connectivity index (χ0n) is 20.2. The van der Waals surface area contributed by atoms with E-state index in [4.69, 9.17) is 0 Å². The summed E-state index contributed by atoms with van der Waals surface area (Å²) in [5.74, 6) is 0.294. The Kier molecular flexibility index (Phi) is 6.74. The molecule has 5 rings (SSSR count). The Hall–Kier alpha value is -4.43. The highest BCUT2D eigenvalue weighted by Gasteiger charge is 2.32. The average Bonchev–Trinajstić information content (AvgIpc) is 3.31. The maximum Gasteiger partial charge on any atom is 0.272 e. The highest BCUT2D eigenvalue weighted by molar-refractivity contribution is 5.95. The highest BCUT2D eigenvalue weighted by Crippen LogP contribution is 2.22. The number of carbonyl (C=O) groups is 1. The van der Waals surface area contributed by atoms with Gasteiger partial charge in [0.2, 0.25) is 0 Å². The van der Waals surface area contributed by atoms with Crippen LogP contribution >= 0.6 is 0 Å². The summed E-state index contributed by atoms with van der Waals surface area (Å²) in [6, 6.07) is 13.3. The van der Waals surface area contributed by atoms with Gasteiger partial charge < -0.3 is 4.90 Å². The topological polar surface area (TPSA) is 135 Å². The molecular weight excluding hydrogens is 475 g/mol. The molecule has 188 valence electrons. The minimum absolute atomic E-state index is 0.0489. The number of hydrogen-bond acceptors (Lipinski definition) is 7. The summed E-state index contributed by atoms with van der Waals surface area (Å²) in [5.41, 5.74) is 0.978. The molecule has 4 aromatic rings. The molecule has 37 heavy (non-hydrogen) atoms. The lowest BCUT2D eigenvalue weighted by Gasteiger charge is -2.40. The van der Waals surface area contributed by atoms with Crippen molar-refractivity contribution in [1.29, 1.82) is 5.26 Å².